The summed E-state index contributed by atoms with van der Waals surface area (Å²) in [6.07, 6.45) is -1.21. The van der Waals surface area contributed by atoms with E-state index in [4.69, 9.17) is 5.73 Å². The number of benzene rings is 1. The SMILES string of the molecule is Cn1cc(N)c(-c2ccccc2C(F)(F)F)c1. The van der Waals surface area contributed by atoms with Crippen molar-refractivity contribution in [1.29, 1.82) is 0 Å². The van der Waals surface area contributed by atoms with Gasteiger partial charge in [-0.15, -0.1) is 0 Å². The summed E-state index contributed by atoms with van der Waals surface area (Å²) in [6.45, 7) is 0. The molecule has 0 aliphatic rings. The molecule has 1 aromatic heterocycles. The van der Waals surface area contributed by atoms with Gasteiger partial charge in [-0.3, -0.25) is 0 Å². The Kier molecular flexibility index (Phi) is 2.61. The van der Waals surface area contributed by atoms with Crippen LogP contribution in [0.3, 0.4) is 0 Å². The summed E-state index contributed by atoms with van der Waals surface area (Å²) in [4.78, 5) is 0. The van der Waals surface area contributed by atoms with E-state index >= 15 is 0 Å². The molecule has 0 aliphatic heterocycles. The molecule has 5 heteroatoms. The predicted octanol–water partition coefficient (Wildman–Crippen LogP) is 3.29. The molecule has 0 saturated carbocycles. The zero-order valence-corrected chi connectivity index (χ0v) is 9.12. The van der Waals surface area contributed by atoms with Crippen LogP contribution in [-0.2, 0) is 13.2 Å². The lowest BCUT2D eigenvalue weighted by atomic mass is 10.0. The molecule has 2 nitrogen and oxygen atoms in total. The van der Waals surface area contributed by atoms with Crippen LogP contribution in [-0.4, -0.2) is 4.57 Å². The van der Waals surface area contributed by atoms with Crippen molar-refractivity contribution in [2.75, 3.05) is 5.73 Å². The number of aryl methyl sites for hydroxylation is 1. The second kappa shape index (κ2) is 3.84. The molecule has 2 rings (SSSR count). The topological polar surface area (TPSA) is 30.9 Å². The summed E-state index contributed by atoms with van der Waals surface area (Å²) in [5.41, 5.74) is 5.88. The van der Waals surface area contributed by atoms with Gasteiger partial charge >= 0.3 is 6.18 Å². The molecule has 90 valence electrons. The first-order valence-electron chi connectivity index (χ1n) is 4.97. The van der Waals surface area contributed by atoms with Crippen molar-refractivity contribution < 1.29 is 13.2 Å². The Morgan fingerprint density at radius 1 is 1.06 bits per heavy atom. The van der Waals surface area contributed by atoms with Crippen LogP contribution in [0.25, 0.3) is 11.1 Å². The summed E-state index contributed by atoms with van der Waals surface area (Å²) in [6, 6.07) is 5.42. The van der Waals surface area contributed by atoms with E-state index in [0.29, 0.717) is 11.3 Å². The molecule has 2 N–H and O–H groups in total. The molecule has 0 atom stereocenters. The molecular formula is C12H11F3N2. The average Bonchev–Trinajstić information content (AvgIpc) is 2.56. The fraction of sp³-hybridized carbons (Fsp3) is 0.167. The van der Waals surface area contributed by atoms with E-state index in [0.717, 1.165) is 6.07 Å². The van der Waals surface area contributed by atoms with Gasteiger partial charge in [0.2, 0.25) is 0 Å². The van der Waals surface area contributed by atoms with Crippen molar-refractivity contribution in [3.8, 4) is 11.1 Å². The number of alkyl halides is 3. The Balaban J connectivity index is 2.64. The number of anilines is 1. The first-order chi connectivity index (χ1) is 7.89. The highest BCUT2D eigenvalue weighted by Crippen LogP contribution is 2.38. The van der Waals surface area contributed by atoms with Gasteiger partial charge in [0.05, 0.1) is 11.3 Å². The van der Waals surface area contributed by atoms with E-state index in [-0.39, 0.29) is 5.56 Å². The number of nitrogens with two attached hydrogens (primary N) is 1. The molecule has 2 aromatic rings. The highest BCUT2D eigenvalue weighted by atomic mass is 19.4. The molecule has 0 aliphatic carbocycles. The Hall–Kier alpha value is -1.91. The minimum atomic E-state index is -4.38. The fourth-order valence-corrected chi connectivity index (χ4v) is 1.79. The van der Waals surface area contributed by atoms with Gasteiger partial charge in [-0.2, -0.15) is 13.2 Å². The third-order valence-electron chi connectivity index (χ3n) is 2.51. The standard InChI is InChI=1S/C12H11F3N2/c1-17-6-9(11(16)7-17)8-4-2-3-5-10(8)12(13,14)15/h2-7H,16H2,1H3. The van der Waals surface area contributed by atoms with E-state index < -0.39 is 11.7 Å². The summed E-state index contributed by atoms with van der Waals surface area (Å²) in [5, 5.41) is 0. The zero-order valence-electron chi connectivity index (χ0n) is 9.12. The van der Waals surface area contributed by atoms with Gasteiger partial charge in [-0.25, -0.2) is 0 Å². The van der Waals surface area contributed by atoms with Crippen LogP contribution < -0.4 is 5.73 Å². The summed E-state index contributed by atoms with van der Waals surface area (Å²) < 4.78 is 40.1. The van der Waals surface area contributed by atoms with Crippen LogP contribution in [0.2, 0.25) is 0 Å². The number of halogens is 3. The third-order valence-corrected chi connectivity index (χ3v) is 2.51. The van der Waals surface area contributed by atoms with Gasteiger partial charge in [-0.05, 0) is 11.6 Å². The van der Waals surface area contributed by atoms with Crippen LogP contribution in [0.4, 0.5) is 18.9 Å². The normalized spacial score (nSPS) is 11.8. The lowest BCUT2D eigenvalue weighted by Gasteiger charge is -2.12. The van der Waals surface area contributed by atoms with Crippen LogP contribution >= 0.6 is 0 Å². The van der Waals surface area contributed by atoms with Gasteiger partial charge in [0, 0.05) is 25.0 Å². The zero-order chi connectivity index (χ0) is 12.6. The molecule has 0 bridgehead atoms. The van der Waals surface area contributed by atoms with Crippen molar-refractivity contribution in [1.82, 2.24) is 4.57 Å². The van der Waals surface area contributed by atoms with Crippen molar-refractivity contribution in [3.63, 3.8) is 0 Å². The summed E-state index contributed by atoms with van der Waals surface area (Å²) >= 11 is 0. The molecule has 0 radical (unpaired) electrons. The molecule has 17 heavy (non-hydrogen) atoms. The van der Waals surface area contributed by atoms with Crippen LogP contribution in [0.15, 0.2) is 36.7 Å². The smallest absolute Gasteiger partial charge is 0.397 e. The van der Waals surface area contributed by atoms with Crippen molar-refractivity contribution in [2.45, 2.75) is 6.18 Å². The Bertz CT molecular complexity index is 541. The predicted molar refractivity (Wildman–Crippen MR) is 60.3 cm³/mol. The van der Waals surface area contributed by atoms with E-state index in [2.05, 4.69) is 0 Å². The lowest BCUT2D eigenvalue weighted by molar-refractivity contribution is -0.137. The molecule has 1 heterocycles. The lowest BCUT2D eigenvalue weighted by Crippen LogP contribution is -2.07. The molecule has 0 saturated heterocycles. The van der Waals surface area contributed by atoms with Crippen LogP contribution in [0.1, 0.15) is 5.56 Å². The van der Waals surface area contributed by atoms with Gasteiger partial charge in [-0.1, -0.05) is 18.2 Å². The Morgan fingerprint density at radius 3 is 2.24 bits per heavy atom. The number of rotatable bonds is 1. The highest BCUT2D eigenvalue weighted by Gasteiger charge is 2.33. The number of nitrogens with zero attached hydrogens (tertiary/aromatic N) is 1. The fourth-order valence-electron chi connectivity index (χ4n) is 1.79. The second-order valence-electron chi connectivity index (χ2n) is 3.84. The number of aromatic nitrogens is 1. The van der Waals surface area contributed by atoms with Gasteiger partial charge in [0.1, 0.15) is 0 Å². The quantitative estimate of drug-likeness (QED) is 0.814. The van der Waals surface area contributed by atoms with E-state index in [1.54, 1.807) is 30.1 Å². The van der Waals surface area contributed by atoms with Gasteiger partial charge in [0.15, 0.2) is 0 Å². The van der Waals surface area contributed by atoms with Crippen LogP contribution in [0.5, 0.6) is 0 Å². The first kappa shape index (κ1) is 11.6. The van der Waals surface area contributed by atoms with Crippen molar-refractivity contribution in [3.05, 3.63) is 42.2 Å². The van der Waals surface area contributed by atoms with Crippen LogP contribution in [0, 0.1) is 0 Å². The largest absolute Gasteiger partial charge is 0.417 e. The number of nitrogen functional groups attached to an aromatic ring is 1. The molecule has 1 aromatic carbocycles. The maximum Gasteiger partial charge on any atom is 0.417 e. The molecule has 0 fully saturated rings. The van der Waals surface area contributed by atoms with E-state index in [1.807, 2.05) is 0 Å². The molecule has 0 amide bonds. The molecule has 0 spiro atoms. The van der Waals surface area contributed by atoms with E-state index in [9.17, 15) is 13.2 Å². The van der Waals surface area contributed by atoms with Gasteiger partial charge in [0.25, 0.3) is 0 Å². The van der Waals surface area contributed by atoms with Gasteiger partial charge < -0.3 is 10.3 Å². The minimum absolute atomic E-state index is 0.109. The Morgan fingerprint density at radius 2 is 1.71 bits per heavy atom. The maximum absolute atomic E-state index is 12.8. The summed E-state index contributed by atoms with van der Waals surface area (Å²) in [5.74, 6) is 0. The second-order valence-corrected chi connectivity index (χ2v) is 3.84. The number of hydrogen-bond acceptors (Lipinski definition) is 1. The Labute approximate surface area is 96.5 Å². The maximum atomic E-state index is 12.8. The van der Waals surface area contributed by atoms with Crippen molar-refractivity contribution >= 4 is 5.69 Å². The minimum Gasteiger partial charge on any atom is -0.397 e. The third kappa shape index (κ3) is 2.13. The monoisotopic (exact) mass is 240 g/mol. The average molecular weight is 240 g/mol. The first-order valence-corrected chi connectivity index (χ1v) is 4.97. The van der Waals surface area contributed by atoms with Crippen molar-refractivity contribution in [2.24, 2.45) is 7.05 Å². The van der Waals surface area contributed by atoms with E-state index in [1.165, 1.54) is 12.1 Å². The molecule has 0 unspecified atom stereocenters. The molecular weight excluding hydrogens is 229 g/mol. The highest BCUT2D eigenvalue weighted by molar-refractivity contribution is 5.78. The number of hydrogen-bond donors (Lipinski definition) is 1. The summed E-state index contributed by atoms with van der Waals surface area (Å²) in [7, 11) is 1.72.